The maximum Gasteiger partial charge on any atom is 0.109 e. The van der Waals surface area contributed by atoms with Crippen LogP contribution in [0.5, 0.6) is 0 Å². The van der Waals surface area contributed by atoms with E-state index >= 15 is 0 Å². The number of allylic oxidation sites excluding steroid dienone is 2. The van der Waals surface area contributed by atoms with Crippen molar-refractivity contribution < 1.29 is 0 Å². The minimum absolute atomic E-state index is 1.00. The maximum absolute atomic E-state index is 4.15. The molecule has 0 amide bonds. The average Bonchev–Trinajstić information content (AvgIpc) is 2.47. The molecule has 72 valence electrons. The van der Waals surface area contributed by atoms with Crippen LogP contribution in [0, 0.1) is 13.8 Å². The highest BCUT2D eigenvalue weighted by atomic mass is 15.1. The second-order valence-electron chi connectivity index (χ2n) is 2.39. The van der Waals surface area contributed by atoms with E-state index in [1.54, 1.807) is 6.08 Å². The molecule has 1 aromatic heterocycles. The third-order valence-corrected chi connectivity index (χ3v) is 1.54. The molecule has 0 bridgehead atoms. The predicted octanol–water partition coefficient (Wildman–Crippen LogP) is 3.18. The Hall–Kier alpha value is -1.31. The molecule has 0 aliphatic heterocycles. The lowest BCUT2D eigenvalue weighted by Gasteiger charge is -1.97. The van der Waals surface area contributed by atoms with E-state index in [9.17, 15) is 0 Å². The van der Waals surface area contributed by atoms with Gasteiger partial charge in [0, 0.05) is 18.1 Å². The van der Waals surface area contributed by atoms with Crippen LogP contribution < -0.4 is 0 Å². The molecule has 2 heteroatoms. The van der Waals surface area contributed by atoms with Gasteiger partial charge in [-0.3, -0.25) is 0 Å². The van der Waals surface area contributed by atoms with E-state index in [4.69, 9.17) is 0 Å². The molecule has 1 aromatic rings. The van der Waals surface area contributed by atoms with Gasteiger partial charge in [0.05, 0.1) is 0 Å². The second kappa shape index (κ2) is 6.23. The lowest BCUT2D eigenvalue weighted by molar-refractivity contribution is 0.995. The summed E-state index contributed by atoms with van der Waals surface area (Å²) in [6.07, 6.45) is 7.44. The van der Waals surface area contributed by atoms with E-state index in [-0.39, 0.29) is 0 Å². The Morgan fingerprint density at radius 3 is 2.38 bits per heavy atom. The quantitative estimate of drug-likeness (QED) is 0.636. The van der Waals surface area contributed by atoms with E-state index in [2.05, 4.69) is 11.6 Å². The first-order valence-corrected chi connectivity index (χ1v) is 4.55. The molecule has 0 spiro atoms. The van der Waals surface area contributed by atoms with Crippen molar-refractivity contribution in [3.05, 3.63) is 36.4 Å². The zero-order valence-corrected chi connectivity index (χ0v) is 8.91. The van der Waals surface area contributed by atoms with Gasteiger partial charge in [0.25, 0.3) is 0 Å². The molecule has 0 radical (unpaired) electrons. The summed E-state index contributed by atoms with van der Waals surface area (Å²) >= 11 is 0. The van der Waals surface area contributed by atoms with Crippen LogP contribution in [0.15, 0.2) is 24.9 Å². The number of hydrogen-bond donors (Lipinski definition) is 0. The molecule has 0 saturated heterocycles. The highest BCUT2D eigenvalue weighted by molar-refractivity contribution is 5.31. The van der Waals surface area contributed by atoms with Crippen LogP contribution in [-0.4, -0.2) is 9.55 Å². The summed E-state index contributed by atoms with van der Waals surface area (Å²) in [4.78, 5) is 4.15. The normalized spacial score (nSPS) is 9.54. The van der Waals surface area contributed by atoms with E-state index in [1.165, 1.54) is 0 Å². The molecule has 1 heterocycles. The van der Waals surface area contributed by atoms with Gasteiger partial charge < -0.3 is 4.57 Å². The molecule has 0 fully saturated rings. The standard InChI is InChI=1S/C9H12N2.C2H6/c1-4-5-6-11-8(2)7-10-9(11)3;1-2/h4-7H,1H2,2-3H3;1-2H3/b6-5-;. The van der Waals surface area contributed by atoms with Crippen LogP contribution in [0.2, 0.25) is 0 Å². The summed E-state index contributed by atoms with van der Waals surface area (Å²) in [6.45, 7) is 11.6. The van der Waals surface area contributed by atoms with E-state index in [0.717, 1.165) is 11.5 Å². The van der Waals surface area contributed by atoms with Crippen molar-refractivity contribution in [3.8, 4) is 0 Å². The summed E-state index contributed by atoms with van der Waals surface area (Å²) in [5.41, 5.74) is 1.14. The van der Waals surface area contributed by atoms with Gasteiger partial charge in [0.2, 0.25) is 0 Å². The Kier molecular flexibility index (Phi) is 5.60. The van der Waals surface area contributed by atoms with E-state index in [1.807, 2.05) is 50.7 Å². The monoisotopic (exact) mass is 178 g/mol. The van der Waals surface area contributed by atoms with Crippen LogP contribution in [0.3, 0.4) is 0 Å². The summed E-state index contributed by atoms with van der Waals surface area (Å²) in [6, 6.07) is 0. The third kappa shape index (κ3) is 3.28. The van der Waals surface area contributed by atoms with Crippen molar-refractivity contribution in [1.29, 1.82) is 0 Å². The lowest BCUT2D eigenvalue weighted by atomic mass is 10.5. The largest absolute Gasteiger partial charge is 0.308 e. The van der Waals surface area contributed by atoms with Crippen LogP contribution in [0.25, 0.3) is 6.20 Å². The Balaban J connectivity index is 0.000000671. The molecule has 0 aromatic carbocycles. The zero-order valence-electron chi connectivity index (χ0n) is 8.91. The SMILES string of the molecule is C=C/C=C\n1c(C)cnc1C.CC. The van der Waals surface area contributed by atoms with Crippen molar-refractivity contribution in [2.75, 3.05) is 0 Å². The summed E-state index contributed by atoms with van der Waals surface area (Å²) in [5, 5.41) is 0. The van der Waals surface area contributed by atoms with Gasteiger partial charge >= 0.3 is 0 Å². The molecule has 0 unspecified atom stereocenters. The molecule has 1 rings (SSSR count). The summed E-state index contributed by atoms with van der Waals surface area (Å²) < 4.78 is 2.02. The zero-order chi connectivity index (χ0) is 10.3. The Morgan fingerprint density at radius 2 is 2.00 bits per heavy atom. The van der Waals surface area contributed by atoms with Crippen LogP contribution in [0.1, 0.15) is 25.4 Å². The van der Waals surface area contributed by atoms with Crippen molar-refractivity contribution in [1.82, 2.24) is 9.55 Å². The minimum Gasteiger partial charge on any atom is -0.308 e. The van der Waals surface area contributed by atoms with Crippen LogP contribution in [-0.2, 0) is 0 Å². The molecule has 2 nitrogen and oxygen atoms in total. The first-order valence-electron chi connectivity index (χ1n) is 4.55. The lowest BCUT2D eigenvalue weighted by Crippen LogP contribution is -1.91. The molecule has 0 N–H and O–H groups in total. The number of hydrogen-bond acceptors (Lipinski definition) is 1. The second-order valence-corrected chi connectivity index (χ2v) is 2.39. The van der Waals surface area contributed by atoms with E-state index < -0.39 is 0 Å². The fourth-order valence-electron chi connectivity index (χ4n) is 0.939. The molecule has 13 heavy (non-hydrogen) atoms. The molecular formula is C11H18N2. The van der Waals surface area contributed by atoms with Gasteiger partial charge in [-0.15, -0.1) is 0 Å². The molecule has 0 aliphatic carbocycles. The molecule has 0 saturated carbocycles. The van der Waals surface area contributed by atoms with Crippen LogP contribution >= 0.6 is 0 Å². The summed E-state index contributed by atoms with van der Waals surface area (Å²) in [7, 11) is 0. The molecule has 0 aliphatic rings. The highest BCUT2D eigenvalue weighted by Crippen LogP contribution is 2.02. The molecule has 0 atom stereocenters. The van der Waals surface area contributed by atoms with Gasteiger partial charge in [-0.25, -0.2) is 4.98 Å². The highest BCUT2D eigenvalue weighted by Gasteiger charge is 1.95. The van der Waals surface area contributed by atoms with Gasteiger partial charge in [0.15, 0.2) is 0 Å². The first-order chi connectivity index (χ1) is 6.25. The number of aryl methyl sites for hydroxylation is 2. The third-order valence-electron chi connectivity index (χ3n) is 1.54. The van der Waals surface area contributed by atoms with Gasteiger partial charge in [-0.1, -0.05) is 26.5 Å². The number of imidazole rings is 1. The number of nitrogens with zero attached hydrogens (tertiary/aromatic N) is 2. The van der Waals surface area contributed by atoms with Gasteiger partial charge in [-0.2, -0.15) is 0 Å². The van der Waals surface area contributed by atoms with Crippen molar-refractivity contribution in [3.63, 3.8) is 0 Å². The first kappa shape index (κ1) is 11.7. The fourth-order valence-corrected chi connectivity index (χ4v) is 0.939. The Labute approximate surface area is 80.6 Å². The topological polar surface area (TPSA) is 17.8 Å². The Bertz CT molecular complexity index is 263. The maximum atomic E-state index is 4.15. The van der Waals surface area contributed by atoms with Gasteiger partial charge in [0.1, 0.15) is 5.82 Å². The predicted molar refractivity (Wildman–Crippen MR) is 58.6 cm³/mol. The number of rotatable bonds is 2. The Morgan fingerprint density at radius 1 is 1.38 bits per heavy atom. The summed E-state index contributed by atoms with van der Waals surface area (Å²) in [5.74, 6) is 1.00. The van der Waals surface area contributed by atoms with Crippen molar-refractivity contribution >= 4 is 6.20 Å². The average molecular weight is 178 g/mol. The van der Waals surface area contributed by atoms with Crippen LogP contribution in [0.4, 0.5) is 0 Å². The van der Waals surface area contributed by atoms with Gasteiger partial charge in [-0.05, 0) is 19.9 Å². The van der Waals surface area contributed by atoms with Crippen molar-refractivity contribution in [2.45, 2.75) is 27.7 Å². The minimum atomic E-state index is 1.00. The molecular weight excluding hydrogens is 160 g/mol. The smallest absolute Gasteiger partial charge is 0.109 e. The fraction of sp³-hybridized carbons (Fsp3) is 0.364. The van der Waals surface area contributed by atoms with E-state index in [0.29, 0.717) is 0 Å². The number of aromatic nitrogens is 2. The van der Waals surface area contributed by atoms with Crippen molar-refractivity contribution in [2.24, 2.45) is 0 Å².